The first-order chi connectivity index (χ1) is 11.4. The number of carbonyl (C=O) groups is 1. The van der Waals surface area contributed by atoms with Crippen LogP contribution in [0.4, 0.5) is 16.4 Å². The maximum absolute atomic E-state index is 11.8. The Morgan fingerprint density at radius 3 is 2.75 bits per heavy atom. The number of nitrogens with one attached hydrogen (secondary N) is 2. The minimum absolute atomic E-state index is 0.0729. The lowest BCUT2D eigenvalue weighted by Gasteiger charge is -2.09. The van der Waals surface area contributed by atoms with Crippen molar-refractivity contribution >= 4 is 51.0 Å². The molecule has 0 radical (unpaired) electrons. The third-order valence-corrected chi connectivity index (χ3v) is 4.30. The average Bonchev–Trinajstić information content (AvgIpc) is 2.88. The summed E-state index contributed by atoms with van der Waals surface area (Å²) in [6.07, 6.45) is 0. The number of benzene rings is 1. The molecule has 7 nitrogen and oxygen atoms in total. The van der Waals surface area contributed by atoms with Gasteiger partial charge in [-0.05, 0) is 43.8 Å². The molecule has 0 atom stereocenters. The highest BCUT2D eigenvalue weighted by Crippen LogP contribution is 2.28. The molecule has 1 heterocycles. The smallest absolute Gasteiger partial charge is 0.348 e. The number of nitro benzene ring substituents is 1. The van der Waals surface area contributed by atoms with Gasteiger partial charge in [-0.25, -0.2) is 4.79 Å². The van der Waals surface area contributed by atoms with E-state index in [0.29, 0.717) is 22.2 Å². The van der Waals surface area contributed by atoms with Crippen molar-refractivity contribution in [3.63, 3.8) is 0 Å². The van der Waals surface area contributed by atoms with Gasteiger partial charge in [-0.3, -0.25) is 10.1 Å². The normalized spacial score (nSPS) is 10.1. The molecular formula is C15H15N3O4S2. The lowest BCUT2D eigenvalue weighted by atomic mass is 10.3. The molecule has 0 bridgehead atoms. The number of para-hydroxylation sites is 2. The number of thiophene rings is 1. The van der Waals surface area contributed by atoms with E-state index in [2.05, 4.69) is 10.6 Å². The second kappa shape index (κ2) is 7.84. The van der Waals surface area contributed by atoms with Crippen LogP contribution in [-0.2, 0) is 4.74 Å². The third kappa shape index (κ3) is 4.27. The van der Waals surface area contributed by atoms with Gasteiger partial charge in [0, 0.05) is 6.07 Å². The second-order valence-electron chi connectivity index (χ2n) is 4.70. The highest BCUT2D eigenvalue weighted by atomic mass is 32.1. The summed E-state index contributed by atoms with van der Waals surface area (Å²) in [5.41, 5.74) is 0.990. The summed E-state index contributed by atoms with van der Waals surface area (Å²) in [6.45, 7) is 3.84. The van der Waals surface area contributed by atoms with E-state index in [0.717, 1.165) is 5.56 Å². The molecule has 2 N–H and O–H groups in total. The molecule has 0 unspecified atom stereocenters. The van der Waals surface area contributed by atoms with Gasteiger partial charge in [-0.1, -0.05) is 12.1 Å². The summed E-state index contributed by atoms with van der Waals surface area (Å²) in [5, 5.41) is 17.6. The summed E-state index contributed by atoms with van der Waals surface area (Å²) >= 11 is 6.39. The second-order valence-corrected chi connectivity index (χ2v) is 6.16. The van der Waals surface area contributed by atoms with Gasteiger partial charge in [0.05, 0.1) is 16.5 Å². The zero-order chi connectivity index (χ0) is 17.7. The van der Waals surface area contributed by atoms with Crippen LogP contribution in [0.15, 0.2) is 30.3 Å². The molecule has 0 saturated carbocycles. The Morgan fingerprint density at radius 1 is 1.38 bits per heavy atom. The maximum atomic E-state index is 11.8. The number of hydrogen-bond acceptors (Lipinski definition) is 6. The van der Waals surface area contributed by atoms with Gasteiger partial charge in [0.15, 0.2) is 5.11 Å². The Hall–Kier alpha value is -2.52. The Balaban J connectivity index is 2.10. The van der Waals surface area contributed by atoms with E-state index in [1.165, 1.54) is 17.4 Å². The van der Waals surface area contributed by atoms with E-state index >= 15 is 0 Å². The van der Waals surface area contributed by atoms with Crippen LogP contribution in [0.2, 0.25) is 0 Å². The molecule has 0 aliphatic rings. The van der Waals surface area contributed by atoms with Gasteiger partial charge < -0.3 is 15.4 Å². The first kappa shape index (κ1) is 17.8. The molecule has 1 aromatic heterocycles. The van der Waals surface area contributed by atoms with Gasteiger partial charge in [-0.15, -0.1) is 11.3 Å². The number of rotatable bonds is 5. The van der Waals surface area contributed by atoms with Crippen LogP contribution >= 0.6 is 23.6 Å². The van der Waals surface area contributed by atoms with Crippen LogP contribution in [0.3, 0.4) is 0 Å². The summed E-state index contributed by atoms with van der Waals surface area (Å²) in [4.78, 5) is 22.8. The number of thiocarbonyl (C=S) groups is 1. The van der Waals surface area contributed by atoms with Crippen LogP contribution < -0.4 is 10.6 Å². The average molecular weight is 365 g/mol. The van der Waals surface area contributed by atoms with E-state index in [1.54, 1.807) is 38.1 Å². The molecule has 1 aromatic carbocycles. The van der Waals surface area contributed by atoms with Crippen molar-refractivity contribution in [2.24, 2.45) is 0 Å². The minimum atomic E-state index is -0.487. The fourth-order valence-corrected chi connectivity index (χ4v) is 3.20. The van der Waals surface area contributed by atoms with Crippen molar-refractivity contribution in [2.45, 2.75) is 13.8 Å². The van der Waals surface area contributed by atoms with Gasteiger partial charge in [0.1, 0.15) is 10.6 Å². The number of ether oxygens (including phenoxy) is 1. The number of anilines is 2. The van der Waals surface area contributed by atoms with E-state index < -0.39 is 4.92 Å². The number of nitro groups is 1. The van der Waals surface area contributed by atoms with Crippen LogP contribution in [0.5, 0.6) is 0 Å². The quantitative estimate of drug-likeness (QED) is 0.358. The van der Waals surface area contributed by atoms with Crippen molar-refractivity contribution in [1.29, 1.82) is 0 Å². The predicted octanol–water partition coefficient (Wildman–Crippen LogP) is 3.95. The van der Waals surface area contributed by atoms with Crippen LogP contribution in [0.1, 0.15) is 22.2 Å². The maximum Gasteiger partial charge on any atom is 0.348 e. The lowest BCUT2D eigenvalue weighted by Crippen LogP contribution is -2.19. The van der Waals surface area contributed by atoms with E-state index in [1.807, 2.05) is 0 Å². The monoisotopic (exact) mass is 365 g/mol. The molecule has 126 valence electrons. The zero-order valence-corrected chi connectivity index (χ0v) is 14.6. The van der Waals surface area contributed by atoms with Crippen molar-refractivity contribution in [1.82, 2.24) is 0 Å². The van der Waals surface area contributed by atoms with E-state index in [9.17, 15) is 14.9 Å². The molecule has 0 aliphatic heterocycles. The topological polar surface area (TPSA) is 93.5 Å². The summed E-state index contributed by atoms with van der Waals surface area (Å²) in [6, 6.07) is 7.97. The van der Waals surface area contributed by atoms with Gasteiger partial charge in [0.25, 0.3) is 5.69 Å². The standard InChI is InChI=1S/C15H15N3O4S2/c1-3-22-14(19)13-9(2)8-12(24-13)17-15(23)16-10-6-4-5-7-11(10)18(20)21/h4-8H,3H2,1-2H3,(H2,16,17,23). The summed E-state index contributed by atoms with van der Waals surface area (Å²) in [7, 11) is 0. The fourth-order valence-electron chi connectivity index (χ4n) is 1.95. The molecule has 0 amide bonds. The zero-order valence-electron chi connectivity index (χ0n) is 13.0. The first-order valence-electron chi connectivity index (χ1n) is 7.01. The Morgan fingerprint density at radius 2 is 2.08 bits per heavy atom. The number of esters is 1. The largest absolute Gasteiger partial charge is 0.462 e. The van der Waals surface area contributed by atoms with Crippen molar-refractivity contribution < 1.29 is 14.5 Å². The summed E-state index contributed by atoms with van der Waals surface area (Å²) in [5.74, 6) is -0.384. The third-order valence-electron chi connectivity index (χ3n) is 2.96. The fraction of sp³-hybridized carbons (Fsp3) is 0.200. The number of hydrogen-bond donors (Lipinski definition) is 2. The van der Waals surface area contributed by atoms with E-state index in [4.69, 9.17) is 17.0 Å². The first-order valence-corrected chi connectivity index (χ1v) is 8.23. The molecule has 0 saturated heterocycles. The lowest BCUT2D eigenvalue weighted by molar-refractivity contribution is -0.383. The van der Waals surface area contributed by atoms with E-state index in [-0.39, 0.29) is 16.8 Å². The molecule has 0 fully saturated rings. The molecule has 24 heavy (non-hydrogen) atoms. The van der Waals surface area contributed by atoms with Crippen molar-refractivity contribution in [2.75, 3.05) is 17.2 Å². The Bertz CT molecular complexity index is 789. The molecule has 2 rings (SSSR count). The number of nitrogens with zero attached hydrogens (tertiary/aromatic N) is 1. The molecule has 0 aliphatic carbocycles. The molecule has 0 spiro atoms. The molecule has 9 heteroatoms. The minimum Gasteiger partial charge on any atom is -0.462 e. The highest BCUT2D eigenvalue weighted by molar-refractivity contribution is 7.80. The number of aryl methyl sites for hydroxylation is 1. The molecular weight excluding hydrogens is 350 g/mol. The van der Waals surface area contributed by atoms with Crippen molar-refractivity contribution in [3.05, 3.63) is 50.9 Å². The molecule has 2 aromatic rings. The van der Waals surface area contributed by atoms with Crippen LogP contribution in [-0.4, -0.2) is 22.6 Å². The van der Waals surface area contributed by atoms with Gasteiger partial charge in [0.2, 0.25) is 0 Å². The van der Waals surface area contributed by atoms with Crippen LogP contribution in [0, 0.1) is 17.0 Å². The van der Waals surface area contributed by atoms with Crippen LogP contribution in [0.25, 0.3) is 0 Å². The van der Waals surface area contributed by atoms with Gasteiger partial charge in [-0.2, -0.15) is 0 Å². The Labute approximate surface area is 147 Å². The van der Waals surface area contributed by atoms with Gasteiger partial charge >= 0.3 is 5.97 Å². The SMILES string of the molecule is CCOC(=O)c1sc(NC(=S)Nc2ccccc2[N+](=O)[O-])cc1C. The summed E-state index contributed by atoms with van der Waals surface area (Å²) < 4.78 is 4.99. The number of carbonyl (C=O) groups excluding carboxylic acids is 1. The van der Waals surface area contributed by atoms with Crippen molar-refractivity contribution in [3.8, 4) is 0 Å². The highest BCUT2D eigenvalue weighted by Gasteiger charge is 2.16. The predicted molar refractivity (Wildman–Crippen MR) is 98.0 cm³/mol. The Kier molecular flexibility index (Phi) is 5.83.